The second kappa shape index (κ2) is 3.95. The van der Waals surface area contributed by atoms with E-state index in [2.05, 4.69) is 24.3 Å². The molecule has 0 amide bonds. The van der Waals surface area contributed by atoms with Crippen LogP contribution in [0.5, 0.6) is 0 Å². The van der Waals surface area contributed by atoms with Crippen LogP contribution < -0.4 is 0 Å². The van der Waals surface area contributed by atoms with Gasteiger partial charge in [-0.3, -0.25) is 4.79 Å². The molecule has 2 aliphatic rings. The Morgan fingerprint density at radius 1 is 1.50 bits per heavy atom. The Morgan fingerprint density at radius 3 is 3.11 bits per heavy atom. The number of carbonyl (C=O) groups is 1. The lowest BCUT2D eigenvalue weighted by Gasteiger charge is -2.23. The van der Waals surface area contributed by atoms with Crippen molar-refractivity contribution in [3.63, 3.8) is 0 Å². The maximum absolute atomic E-state index is 12.7. The zero-order valence-electron chi connectivity index (χ0n) is 10.7. The maximum Gasteiger partial charge on any atom is 0.150 e. The molecule has 3 rings (SSSR count). The Hall–Kier alpha value is -1.62. The highest BCUT2D eigenvalue weighted by Crippen LogP contribution is 2.50. The van der Waals surface area contributed by atoms with Gasteiger partial charge in [-0.05, 0) is 49.3 Å². The van der Waals surface area contributed by atoms with E-state index in [0.29, 0.717) is 18.6 Å². The third-order valence-electron chi connectivity index (χ3n) is 4.68. The van der Waals surface area contributed by atoms with Gasteiger partial charge in [0.2, 0.25) is 0 Å². The van der Waals surface area contributed by atoms with Crippen molar-refractivity contribution in [3.05, 3.63) is 34.9 Å². The molecule has 2 nitrogen and oxygen atoms in total. The molecule has 1 aromatic carbocycles. The van der Waals surface area contributed by atoms with Crippen molar-refractivity contribution in [2.24, 2.45) is 0 Å². The number of nitriles is 1. The summed E-state index contributed by atoms with van der Waals surface area (Å²) >= 11 is 0. The minimum Gasteiger partial charge on any atom is -0.298 e. The van der Waals surface area contributed by atoms with Crippen LogP contribution in [-0.2, 0) is 16.6 Å². The summed E-state index contributed by atoms with van der Waals surface area (Å²) in [7, 11) is 0. The molecule has 1 unspecified atom stereocenters. The molecule has 0 bridgehead atoms. The van der Waals surface area contributed by atoms with Crippen LogP contribution >= 0.6 is 0 Å². The summed E-state index contributed by atoms with van der Waals surface area (Å²) in [5.41, 5.74) is 3.44. The first kappa shape index (κ1) is 11.5. The monoisotopic (exact) mass is 239 g/mol. The highest BCUT2D eigenvalue weighted by Gasteiger charge is 2.49. The molecule has 2 heteroatoms. The fourth-order valence-corrected chi connectivity index (χ4v) is 3.71. The lowest BCUT2D eigenvalue weighted by Crippen LogP contribution is -2.29. The maximum atomic E-state index is 12.7. The second-order valence-electron chi connectivity index (χ2n) is 5.68. The Kier molecular flexibility index (Phi) is 2.52. The molecule has 0 heterocycles. The lowest BCUT2D eigenvalue weighted by molar-refractivity contribution is -0.124. The average molecular weight is 239 g/mol. The molecule has 0 aliphatic heterocycles. The van der Waals surface area contributed by atoms with Crippen molar-refractivity contribution in [2.45, 2.75) is 50.4 Å². The average Bonchev–Trinajstić information content (AvgIpc) is 2.62. The Bertz CT molecular complexity index is 555. The molecule has 0 N–H and O–H groups in total. The van der Waals surface area contributed by atoms with E-state index in [9.17, 15) is 4.79 Å². The van der Waals surface area contributed by atoms with E-state index in [1.54, 1.807) is 0 Å². The minimum atomic E-state index is -0.421. The molecule has 0 fully saturated rings. The first-order chi connectivity index (χ1) is 8.68. The predicted molar refractivity (Wildman–Crippen MR) is 69.3 cm³/mol. The third-order valence-corrected chi connectivity index (χ3v) is 4.68. The van der Waals surface area contributed by atoms with Gasteiger partial charge in [0, 0.05) is 12.3 Å². The van der Waals surface area contributed by atoms with Crippen LogP contribution in [-0.4, -0.2) is 5.78 Å². The van der Waals surface area contributed by atoms with Gasteiger partial charge in [0.1, 0.15) is 0 Å². The molecule has 18 heavy (non-hydrogen) atoms. The molecule has 0 radical (unpaired) electrons. The molecule has 0 saturated carbocycles. The van der Waals surface area contributed by atoms with Crippen molar-refractivity contribution in [3.8, 4) is 6.07 Å². The molecular weight excluding hydrogens is 222 g/mol. The van der Waals surface area contributed by atoms with Crippen molar-refractivity contribution in [1.29, 1.82) is 5.26 Å². The van der Waals surface area contributed by atoms with Crippen LogP contribution in [0.4, 0.5) is 0 Å². The number of rotatable bonds is 2. The van der Waals surface area contributed by atoms with Gasteiger partial charge in [0.15, 0.2) is 5.78 Å². The Morgan fingerprint density at radius 2 is 2.33 bits per heavy atom. The van der Waals surface area contributed by atoms with E-state index < -0.39 is 5.41 Å². The smallest absolute Gasteiger partial charge is 0.150 e. The summed E-state index contributed by atoms with van der Waals surface area (Å²) in [6, 6.07) is 8.51. The highest BCUT2D eigenvalue weighted by molar-refractivity contribution is 6.00. The van der Waals surface area contributed by atoms with Gasteiger partial charge < -0.3 is 0 Å². The van der Waals surface area contributed by atoms with Crippen LogP contribution in [0.25, 0.3) is 0 Å². The van der Waals surface area contributed by atoms with Crippen LogP contribution in [0.1, 0.15) is 55.2 Å². The molecule has 1 aromatic rings. The number of ketones is 1. The molecule has 0 aromatic heterocycles. The van der Waals surface area contributed by atoms with E-state index in [4.69, 9.17) is 5.26 Å². The standard InChI is InChI=1S/C16H17NO/c1-16(9-4-10-17)13-8-3-6-11-5-2-7-12(14(11)13)15(16)18/h3,6,8,12H,2,4-5,7,9H2,1H3/t12?,16-/m0/s1. The third kappa shape index (κ3) is 1.37. The number of hydrogen-bond donors (Lipinski definition) is 0. The first-order valence-electron chi connectivity index (χ1n) is 6.72. The fraction of sp³-hybridized carbons (Fsp3) is 0.500. The number of carbonyl (C=O) groups excluding carboxylic acids is 1. The predicted octanol–water partition coefficient (Wildman–Crippen LogP) is 3.25. The number of Topliss-reactive ketones (excluding diaryl/α,β-unsaturated/α-hetero) is 1. The molecular formula is C16H17NO. The quantitative estimate of drug-likeness (QED) is 0.794. The zero-order chi connectivity index (χ0) is 12.8. The van der Waals surface area contributed by atoms with E-state index in [1.165, 1.54) is 16.7 Å². The number of aryl methyl sites for hydroxylation is 1. The van der Waals surface area contributed by atoms with Crippen LogP contribution in [0.3, 0.4) is 0 Å². The molecule has 2 atom stereocenters. The summed E-state index contributed by atoms with van der Waals surface area (Å²) in [5.74, 6) is 0.452. The lowest BCUT2D eigenvalue weighted by atomic mass is 9.78. The summed E-state index contributed by atoms with van der Waals surface area (Å²) in [6.45, 7) is 2.03. The SMILES string of the molecule is C[C@@]1(CCC#N)C(=O)C2CCCc3cccc1c32. The van der Waals surface area contributed by atoms with E-state index in [0.717, 1.165) is 19.3 Å². The van der Waals surface area contributed by atoms with Crippen molar-refractivity contribution < 1.29 is 4.79 Å². The Balaban J connectivity index is 2.14. The largest absolute Gasteiger partial charge is 0.298 e. The number of hydrogen-bond acceptors (Lipinski definition) is 2. The first-order valence-corrected chi connectivity index (χ1v) is 6.72. The van der Waals surface area contributed by atoms with E-state index >= 15 is 0 Å². The van der Waals surface area contributed by atoms with Gasteiger partial charge in [-0.15, -0.1) is 0 Å². The highest BCUT2D eigenvalue weighted by atomic mass is 16.1. The van der Waals surface area contributed by atoms with Crippen molar-refractivity contribution >= 4 is 5.78 Å². The summed E-state index contributed by atoms with van der Waals surface area (Å²) in [6.07, 6.45) is 4.32. The van der Waals surface area contributed by atoms with Gasteiger partial charge >= 0.3 is 0 Å². The van der Waals surface area contributed by atoms with Gasteiger partial charge in [-0.2, -0.15) is 5.26 Å². The second-order valence-corrected chi connectivity index (χ2v) is 5.68. The molecule has 2 aliphatic carbocycles. The van der Waals surface area contributed by atoms with E-state index in [1.807, 2.05) is 6.92 Å². The number of benzene rings is 1. The van der Waals surface area contributed by atoms with Crippen LogP contribution in [0.2, 0.25) is 0 Å². The van der Waals surface area contributed by atoms with Gasteiger partial charge in [-0.25, -0.2) is 0 Å². The normalized spacial score (nSPS) is 28.9. The summed E-state index contributed by atoms with van der Waals surface area (Å²) < 4.78 is 0. The Labute approximate surface area is 108 Å². The van der Waals surface area contributed by atoms with Gasteiger partial charge in [0.05, 0.1) is 11.5 Å². The molecule has 92 valence electrons. The number of nitrogens with zero attached hydrogens (tertiary/aromatic N) is 1. The molecule has 0 spiro atoms. The minimum absolute atomic E-state index is 0.105. The fourth-order valence-electron chi connectivity index (χ4n) is 3.71. The summed E-state index contributed by atoms with van der Waals surface area (Å²) in [5, 5.41) is 8.80. The van der Waals surface area contributed by atoms with Gasteiger partial charge in [0.25, 0.3) is 0 Å². The molecule has 0 saturated heterocycles. The van der Waals surface area contributed by atoms with Crippen molar-refractivity contribution in [2.75, 3.05) is 0 Å². The summed E-state index contributed by atoms with van der Waals surface area (Å²) in [4.78, 5) is 12.7. The zero-order valence-corrected chi connectivity index (χ0v) is 10.7. The topological polar surface area (TPSA) is 40.9 Å². The van der Waals surface area contributed by atoms with Crippen LogP contribution in [0, 0.1) is 11.3 Å². The van der Waals surface area contributed by atoms with Gasteiger partial charge in [-0.1, -0.05) is 18.2 Å². The van der Waals surface area contributed by atoms with Crippen molar-refractivity contribution in [1.82, 2.24) is 0 Å². The van der Waals surface area contributed by atoms with E-state index in [-0.39, 0.29) is 5.92 Å². The van der Waals surface area contributed by atoms with Crippen LogP contribution in [0.15, 0.2) is 18.2 Å².